The maximum absolute atomic E-state index is 13.7. The van der Waals surface area contributed by atoms with Crippen molar-refractivity contribution in [3.05, 3.63) is 89.0 Å². The summed E-state index contributed by atoms with van der Waals surface area (Å²) in [5, 5.41) is 2.96. The van der Waals surface area contributed by atoms with Crippen LogP contribution in [0.4, 0.5) is 5.69 Å². The Bertz CT molecular complexity index is 1340. The Balaban J connectivity index is 1.35. The van der Waals surface area contributed by atoms with Gasteiger partial charge < -0.3 is 19.7 Å². The molecule has 0 saturated heterocycles. The van der Waals surface area contributed by atoms with Crippen molar-refractivity contribution in [1.82, 2.24) is 10.2 Å². The van der Waals surface area contributed by atoms with Gasteiger partial charge in [0.15, 0.2) is 11.5 Å². The predicted octanol–water partition coefficient (Wildman–Crippen LogP) is 3.96. The van der Waals surface area contributed by atoms with Gasteiger partial charge >= 0.3 is 0 Å². The largest absolute Gasteiger partial charge is 0.493 e. The number of ether oxygens (including phenoxy) is 2. The first-order valence-electron chi connectivity index (χ1n) is 12.3. The molecule has 0 fully saturated rings. The highest BCUT2D eigenvalue weighted by atomic mass is 16.5. The summed E-state index contributed by atoms with van der Waals surface area (Å²) in [6.45, 7) is 0.875. The third-order valence-electron chi connectivity index (χ3n) is 6.86. The minimum Gasteiger partial charge on any atom is -0.493 e. The monoisotopic (exact) mass is 499 g/mol. The third kappa shape index (κ3) is 4.39. The SMILES string of the molecule is COc1ccc2c(c1OC)C(=O)N1c3ccccc3C(=O)N(CCCC(=O)NCCc3ccccc3)[C@@H]21. The van der Waals surface area contributed by atoms with E-state index < -0.39 is 6.17 Å². The van der Waals surface area contributed by atoms with Crippen LogP contribution in [0.25, 0.3) is 0 Å². The van der Waals surface area contributed by atoms with E-state index in [1.807, 2.05) is 42.5 Å². The number of benzene rings is 3. The maximum Gasteiger partial charge on any atom is 0.264 e. The summed E-state index contributed by atoms with van der Waals surface area (Å²) in [5.74, 6) is 0.318. The van der Waals surface area contributed by atoms with Crippen molar-refractivity contribution in [2.45, 2.75) is 25.4 Å². The van der Waals surface area contributed by atoms with Crippen molar-refractivity contribution >= 4 is 23.4 Å². The van der Waals surface area contributed by atoms with Crippen molar-refractivity contribution in [3.63, 3.8) is 0 Å². The van der Waals surface area contributed by atoms with Gasteiger partial charge in [0.05, 0.1) is 31.0 Å². The van der Waals surface area contributed by atoms with E-state index in [-0.39, 0.29) is 24.1 Å². The van der Waals surface area contributed by atoms with Crippen molar-refractivity contribution < 1.29 is 23.9 Å². The summed E-state index contributed by atoms with van der Waals surface area (Å²) in [4.78, 5) is 43.1. The second-order valence-corrected chi connectivity index (χ2v) is 9.02. The molecule has 1 N–H and O–H groups in total. The van der Waals surface area contributed by atoms with Crippen LogP contribution >= 0.6 is 0 Å². The van der Waals surface area contributed by atoms with E-state index in [0.717, 1.165) is 12.0 Å². The normalized spacial score (nSPS) is 15.7. The van der Waals surface area contributed by atoms with Gasteiger partial charge in [-0.05, 0) is 36.6 Å². The number of hydrogen-bond donors (Lipinski definition) is 1. The Labute approximate surface area is 215 Å². The van der Waals surface area contributed by atoms with Gasteiger partial charge in [-0.1, -0.05) is 48.5 Å². The smallest absolute Gasteiger partial charge is 0.264 e. The first-order chi connectivity index (χ1) is 18.0. The number of anilines is 1. The maximum atomic E-state index is 13.7. The molecule has 0 bridgehead atoms. The predicted molar refractivity (Wildman–Crippen MR) is 139 cm³/mol. The second kappa shape index (κ2) is 10.3. The van der Waals surface area contributed by atoms with Gasteiger partial charge in [0.25, 0.3) is 11.8 Å². The number of fused-ring (bicyclic) bond motifs is 5. The lowest BCUT2D eigenvalue weighted by Gasteiger charge is -2.41. The van der Waals surface area contributed by atoms with Gasteiger partial charge in [-0.3, -0.25) is 19.3 Å². The highest BCUT2D eigenvalue weighted by Gasteiger charge is 2.49. The minimum atomic E-state index is -0.620. The Kier molecular flexibility index (Phi) is 6.81. The van der Waals surface area contributed by atoms with Gasteiger partial charge in [-0.15, -0.1) is 0 Å². The molecule has 8 heteroatoms. The topological polar surface area (TPSA) is 88.2 Å². The van der Waals surface area contributed by atoms with Crippen LogP contribution < -0.4 is 19.7 Å². The van der Waals surface area contributed by atoms with Crippen LogP contribution in [0.2, 0.25) is 0 Å². The lowest BCUT2D eigenvalue weighted by Crippen LogP contribution is -2.48. The number of nitrogens with zero attached hydrogens (tertiary/aromatic N) is 2. The lowest BCUT2D eigenvalue weighted by atomic mass is 10.0. The molecular formula is C29H29N3O5. The van der Waals surface area contributed by atoms with E-state index in [2.05, 4.69) is 5.32 Å². The fourth-order valence-electron chi connectivity index (χ4n) is 5.14. The van der Waals surface area contributed by atoms with Gasteiger partial charge in [0, 0.05) is 25.1 Å². The quantitative estimate of drug-likeness (QED) is 0.482. The molecule has 3 amide bonds. The number of para-hydroxylation sites is 1. The molecule has 0 radical (unpaired) electrons. The first-order valence-corrected chi connectivity index (χ1v) is 12.3. The zero-order valence-electron chi connectivity index (χ0n) is 20.9. The standard InChI is InChI=1S/C29H29N3O5/c1-36-23-15-14-21-25(26(23)37-2)29(35)32-22-12-7-6-11-20(22)28(34)31(27(21)32)18-8-13-24(33)30-17-16-19-9-4-3-5-10-19/h3-7,9-12,14-15,27H,8,13,16-18H2,1-2H3,(H,30,33)/t27-/m1/s1. The van der Waals surface area contributed by atoms with Gasteiger partial charge in [-0.25, -0.2) is 0 Å². The number of nitrogens with one attached hydrogen (secondary N) is 1. The summed E-state index contributed by atoms with van der Waals surface area (Å²) in [6, 6.07) is 20.6. The average Bonchev–Trinajstić information content (AvgIpc) is 3.23. The zero-order chi connectivity index (χ0) is 25.9. The Morgan fingerprint density at radius 1 is 0.919 bits per heavy atom. The van der Waals surface area contributed by atoms with Crippen molar-refractivity contribution in [1.29, 1.82) is 0 Å². The molecule has 5 rings (SSSR count). The Morgan fingerprint density at radius 3 is 2.43 bits per heavy atom. The lowest BCUT2D eigenvalue weighted by molar-refractivity contribution is -0.121. The minimum absolute atomic E-state index is 0.0630. The van der Waals surface area contributed by atoms with Crippen LogP contribution in [-0.2, 0) is 11.2 Å². The summed E-state index contributed by atoms with van der Waals surface area (Å²) in [5.41, 5.74) is 3.25. The van der Waals surface area contributed by atoms with E-state index in [9.17, 15) is 14.4 Å². The van der Waals surface area contributed by atoms with Crippen molar-refractivity contribution in [3.8, 4) is 11.5 Å². The number of amides is 3. The molecule has 2 heterocycles. The molecule has 0 aromatic heterocycles. The summed E-state index contributed by atoms with van der Waals surface area (Å²) >= 11 is 0. The zero-order valence-corrected chi connectivity index (χ0v) is 20.9. The van der Waals surface area contributed by atoms with Crippen LogP contribution in [0.1, 0.15) is 50.9 Å². The summed E-state index contributed by atoms with van der Waals surface area (Å²) in [7, 11) is 3.02. The van der Waals surface area contributed by atoms with Crippen LogP contribution in [0, 0.1) is 0 Å². The van der Waals surface area contributed by atoms with E-state index in [0.29, 0.717) is 53.4 Å². The molecule has 0 unspecified atom stereocenters. The molecule has 3 aromatic carbocycles. The molecule has 190 valence electrons. The number of hydrogen-bond acceptors (Lipinski definition) is 5. The number of carbonyl (C=O) groups is 3. The number of methoxy groups -OCH3 is 2. The third-order valence-corrected chi connectivity index (χ3v) is 6.86. The number of carbonyl (C=O) groups excluding carboxylic acids is 3. The van der Waals surface area contributed by atoms with Crippen LogP contribution in [0.15, 0.2) is 66.7 Å². The van der Waals surface area contributed by atoms with Crippen LogP contribution in [-0.4, -0.2) is 49.9 Å². The summed E-state index contributed by atoms with van der Waals surface area (Å²) < 4.78 is 11.0. The van der Waals surface area contributed by atoms with E-state index in [1.54, 1.807) is 34.1 Å². The van der Waals surface area contributed by atoms with Gasteiger partial charge in [0.2, 0.25) is 5.91 Å². The molecule has 0 aliphatic carbocycles. The highest BCUT2D eigenvalue weighted by molar-refractivity contribution is 6.18. The van der Waals surface area contributed by atoms with E-state index >= 15 is 0 Å². The van der Waals surface area contributed by atoms with E-state index in [1.165, 1.54) is 14.2 Å². The van der Waals surface area contributed by atoms with Crippen molar-refractivity contribution in [2.24, 2.45) is 0 Å². The van der Waals surface area contributed by atoms with E-state index in [4.69, 9.17) is 9.47 Å². The fourth-order valence-corrected chi connectivity index (χ4v) is 5.14. The Morgan fingerprint density at radius 2 is 1.68 bits per heavy atom. The fraction of sp³-hybridized carbons (Fsp3) is 0.276. The summed E-state index contributed by atoms with van der Waals surface area (Å²) in [6.07, 6.45) is 0.882. The first kappa shape index (κ1) is 24.4. The molecule has 0 spiro atoms. The van der Waals surface area contributed by atoms with Crippen LogP contribution in [0.5, 0.6) is 11.5 Å². The van der Waals surface area contributed by atoms with Crippen molar-refractivity contribution in [2.75, 3.05) is 32.2 Å². The molecule has 2 aliphatic rings. The molecule has 3 aromatic rings. The highest BCUT2D eigenvalue weighted by Crippen LogP contribution is 2.49. The molecule has 2 aliphatic heterocycles. The van der Waals surface area contributed by atoms with Crippen LogP contribution in [0.3, 0.4) is 0 Å². The molecular weight excluding hydrogens is 470 g/mol. The Hall–Kier alpha value is -4.33. The number of rotatable bonds is 9. The van der Waals surface area contributed by atoms with Gasteiger partial charge in [-0.2, -0.15) is 0 Å². The molecule has 1 atom stereocenters. The molecule has 0 saturated carbocycles. The average molecular weight is 500 g/mol. The van der Waals surface area contributed by atoms with Gasteiger partial charge in [0.1, 0.15) is 6.17 Å². The molecule has 8 nitrogen and oxygen atoms in total. The second-order valence-electron chi connectivity index (χ2n) is 9.02. The molecule has 37 heavy (non-hydrogen) atoms.